The van der Waals surface area contributed by atoms with Crippen molar-refractivity contribution >= 4 is 58.4 Å². The molecule has 2 aliphatic heterocycles. The molecule has 6 heteroatoms. The van der Waals surface area contributed by atoms with E-state index in [4.69, 9.17) is 0 Å². The van der Waals surface area contributed by atoms with E-state index in [1.807, 2.05) is 47.0 Å². The molecule has 198 valence electrons. The summed E-state index contributed by atoms with van der Waals surface area (Å²) < 4.78 is 0. The highest BCUT2D eigenvalue weighted by molar-refractivity contribution is 8.03. The molecule has 0 amide bonds. The smallest absolute Gasteiger partial charge is 0.0988 e. The standard InChI is InChI=1S/C32H36N2S4/c1-5-33-27-19-25(35-3)11-13-29(27)37-31(33)17-21-7-9-23-10-8-22(16-24(23)15-21)18-32-34(6-2)28-20-26(36-4)12-14-30(28)38-32/h11-20,23,31H,5-10H2,1-4H3/b21-17+,32-18-. The predicted molar refractivity (Wildman–Crippen MR) is 172 cm³/mol. The summed E-state index contributed by atoms with van der Waals surface area (Å²) in [4.78, 5) is 10.5. The van der Waals surface area contributed by atoms with Crippen LogP contribution in [0.15, 0.2) is 102 Å². The van der Waals surface area contributed by atoms with Crippen molar-refractivity contribution < 1.29 is 0 Å². The van der Waals surface area contributed by atoms with Crippen molar-refractivity contribution in [3.63, 3.8) is 0 Å². The molecule has 0 aromatic heterocycles. The lowest BCUT2D eigenvalue weighted by atomic mass is 9.77. The summed E-state index contributed by atoms with van der Waals surface area (Å²) >= 11 is 7.59. The van der Waals surface area contributed by atoms with E-state index in [1.165, 1.54) is 72.8 Å². The van der Waals surface area contributed by atoms with E-state index in [-0.39, 0.29) is 0 Å². The van der Waals surface area contributed by atoms with Crippen LogP contribution in [0.1, 0.15) is 39.5 Å². The zero-order valence-corrected chi connectivity index (χ0v) is 26.0. The van der Waals surface area contributed by atoms with Crippen LogP contribution in [0.25, 0.3) is 0 Å². The van der Waals surface area contributed by atoms with Crippen molar-refractivity contribution in [3.8, 4) is 0 Å². The van der Waals surface area contributed by atoms with E-state index in [9.17, 15) is 0 Å². The lowest BCUT2D eigenvalue weighted by Gasteiger charge is -2.30. The molecule has 0 fully saturated rings. The van der Waals surface area contributed by atoms with E-state index >= 15 is 0 Å². The fourth-order valence-electron chi connectivity index (χ4n) is 5.99. The van der Waals surface area contributed by atoms with Gasteiger partial charge in [0.2, 0.25) is 0 Å². The number of hydrogen-bond acceptors (Lipinski definition) is 6. The first kappa shape index (κ1) is 26.6. The molecule has 2 aromatic carbocycles. The molecule has 2 heterocycles. The van der Waals surface area contributed by atoms with Gasteiger partial charge in [0.15, 0.2) is 0 Å². The molecular formula is C32H36N2S4. The van der Waals surface area contributed by atoms with Crippen LogP contribution in [-0.4, -0.2) is 31.0 Å². The van der Waals surface area contributed by atoms with Gasteiger partial charge in [-0.15, -0.1) is 23.5 Å². The molecule has 2 aliphatic carbocycles. The second-order valence-corrected chi connectivity index (χ2v) is 14.2. The molecule has 0 N–H and O–H groups in total. The van der Waals surface area contributed by atoms with Gasteiger partial charge in [0, 0.05) is 32.7 Å². The Bertz CT molecular complexity index is 1360. The van der Waals surface area contributed by atoms with Crippen molar-refractivity contribution in [2.75, 3.05) is 35.4 Å². The second kappa shape index (κ2) is 11.5. The summed E-state index contributed by atoms with van der Waals surface area (Å²) in [5.74, 6) is 0.717. The molecule has 0 bridgehead atoms. The van der Waals surface area contributed by atoms with Gasteiger partial charge < -0.3 is 9.80 Å². The minimum Gasteiger partial charge on any atom is -0.355 e. The van der Waals surface area contributed by atoms with Gasteiger partial charge in [0.1, 0.15) is 0 Å². The minimum atomic E-state index is 0.391. The maximum Gasteiger partial charge on any atom is 0.0988 e. The first-order chi connectivity index (χ1) is 18.6. The number of fused-ring (bicyclic) bond motifs is 3. The molecule has 0 spiro atoms. The minimum absolute atomic E-state index is 0.391. The number of rotatable bonds is 6. The first-order valence-electron chi connectivity index (χ1n) is 13.7. The average Bonchev–Trinajstić information content (AvgIpc) is 3.47. The van der Waals surface area contributed by atoms with Gasteiger partial charge in [0.25, 0.3) is 0 Å². The summed E-state index contributed by atoms with van der Waals surface area (Å²) in [7, 11) is 0. The third-order valence-corrected chi connectivity index (χ3v) is 11.8. The molecule has 4 aliphatic rings. The van der Waals surface area contributed by atoms with Gasteiger partial charge in [-0.3, -0.25) is 0 Å². The van der Waals surface area contributed by atoms with Gasteiger partial charge in [-0.25, -0.2) is 0 Å². The fraction of sp³-hybridized carbons (Fsp3) is 0.375. The highest BCUT2D eigenvalue weighted by Gasteiger charge is 2.30. The Morgan fingerprint density at radius 1 is 0.895 bits per heavy atom. The Kier molecular flexibility index (Phi) is 8.04. The largest absolute Gasteiger partial charge is 0.355 e. The number of benzene rings is 2. The maximum atomic E-state index is 2.57. The lowest BCUT2D eigenvalue weighted by Crippen LogP contribution is -2.27. The van der Waals surface area contributed by atoms with Crippen LogP contribution in [0.3, 0.4) is 0 Å². The van der Waals surface area contributed by atoms with Gasteiger partial charge in [-0.2, -0.15) is 0 Å². The van der Waals surface area contributed by atoms with Crippen LogP contribution < -0.4 is 9.80 Å². The molecule has 0 saturated heterocycles. The highest BCUT2D eigenvalue weighted by atomic mass is 32.2. The van der Waals surface area contributed by atoms with E-state index in [2.05, 4.69) is 96.9 Å². The summed E-state index contributed by atoms with van der Waals surface area (Å²) in [5, 5.41) is 1.77. The van der Waals surface area contributed by atoms with Gasteiger partial charge in [-0.05, 0) is 123 Å². The fourth-order valence-corrected chi connectivity index (χ4v) is 9.38. The van der Waals surface area contributed by atoms with Crippen LogP contribution >= 0.6 is 47.0 Å². The number of hydrogen-bond donors (Lipinski definition) is 0. The van der Waals surface area contributed by atoms with E-state index in [0.717, 1.165) is 13.1 Å². The molecule has 6 rings (SSSR count). The second-order valence-electron chi connectivity index (χ2n) is 10.2. The molecule has 0 radical (unpaired) electrons. The highest BCUT2D eigenvalue weighted by Crippen LogP contribution is 2.49. The Hall–Kier alpha value is -1.60. The molecular weight excluding hydrogens is 541 g/mol. The van der Waals surface area contributed by atoms with Gasteiger partial charge in [-0.1, -0.05) is 35.7 Å². The Morgan fingerprint density at radius 3 is 2.37 bits per heavy atom. The quantitative estimate of drug-likeness (QED) is 0.314. The zero-order chi connectivity index (χ0) is 26.2. The summed E-state index contributed by atoms with van der Waals surface area (Å²) in [5.41, 5.74) is 7.31. The maximum absolute atomic E-state index is 2.57. The number of nitrogens with zero attached hydrogens (tertiary/aromatic N) is 2. The summed E-state index contributed by atoms with van der Waals surface area (Å²) in [6.45, 7) is 6.59. The predicted octanol–water partition coefficient (Wildman–Crippen LogP) is 9.85. The van der Waals surface area contributed by atoms with Crippen LogP contribution in [0, 0.1) is 5.92 Å². The van der Waals surface area contributed by atoms with Crippen LogP contribution in [0.4, 0.5) is 11.4 Å². The van der Waals surface area contributed by atoms with Crippen molar-refractivity contribution in [2.45, 2.75) is 64.5 Å². The Labute approximate surface area is 245 Å². The Morgan fingerprint density at radius 2 is 1.63 bits per heavy atom. The van der Waals surface area contributed by atoms with Crippen LogP contribution in [-0.2, 0) is 0 Å². The first-order valence-corrected chi connectivity index (χ1v) is 17.8. The molecule has 0 saturated carbocycles. The van der Waals surface area contributed by atoms with E-state index in [0.29, 0.717) is 11.3 Å². The molecule has 2 aromatic rings. The van der Waals surface area contributed by atoms with Crippen molar-refractivity contribution in [1.29, 1.82) is 0 Å². The van der Waals surface area contributed by atoms with Gasteiger partial charge in [0.05, 0.1) is 21.8 Å². The number of likely N-dealkylation sites (N-methyl/N-ethyl adjacent to an activating group) is 1. The van der Waals surface area contributed by atoms with E-state index < -0.39 is 0 Å². The van der Waals surface area contributed by atoms with Crippen molar-refractivity contribution in [1.82, 2.24) is 0 Å². The third kappa shape index (κ3) is 5.14. The molecule has 38 heavy (non-hydrogen) atoms. The Balaban J connectivity index is 1.25. The molecule has 2 unspecified atom stereocenters. The average molecular weight is 577 g/mol. The van der Waals surface area contributed by atoms with E-state index in [1.54, 1.807) is 5.57 Å². The monoisotopic (exact) mass is 576 g/mol. The topological polar surface area (TPSA) is 6.48 Å². The van der Waals surface area contributed by atoms with Crippen molar-refractivity contribution in [2.24, 2.45) is 5.92 Å². The summed E-state index contributed by atoms with van der Waals surface area (Å²) in [6, 6.07) is 13.8. The normalized spacial score (nSPS) is 24.4. The number of allylic oxidation sites excluding steroid dienone is 6. The van der Waals surface area contributed by atoms with Gasteiger partial charge >= 0.3 is 0 Å². The van der Waals surface area contributed by atoms with Crippen LogP contribution in [0.2, 0.25) is 0 Å². The number of anilines is 2. The summed E-state index contributed by atoms with van der Waals surface area (Å²) in [6.07, 6.45) is 19.3. The molecule has 2 nitrogen and oxygen atoms in total. The SMILES string of the molecule is CCN1/C(=C/C2=CC3=C/C(=C/C4Sc5ccc(SC)cc5N4CC)CCC3CC2)Sc2ccc(SC)cc21. The lowest BCUT2D eigenvalue weighted by molar-refractivity contribution is 0.501. The zero-order valence-electron chi connectivity index (χ0n) is 22.7. The molecule has 2 atom stereocenters. The third-order valence-electron chi connectivity index (χ3n) is 8.03. The number of thioether (sulfide) groups is 4. The van der Waals surface area contributed by atoms with Crippen molar-refractivity contribution in [3.05, 3.63) is 82.5 Å². The van der Waals surface area contributed by atoms with Crippen LogP contribution in [0.5, 0.6) is 0 Å².